The fourth-order valence-corrected chi connectivity index (χ4v) is 7.38. The third kappa shape index (κ3) is 3.58. The van der Waals surface area contributed by atoms with E-state index in [9.17, 15) is 9.59 Å². The SMILES string of the molecule is CN(C)CCO/N=C/[C@H]1CC[C@@]2(C)[C@H](C1)C(=O)C[C@@H]1[C@@H]2CC[C@]2(C)C(=O)CC[C@@H]12. The van der Waals surface area contributed by atoms with Gasteiger partial charge in [0.05, 0.1) is 0 Å². The summed E-state index contributed by atoms with van der Waals surface area (Å²) in [7, 11) is 4.04. The van der Waals surface area contributed by atoms with Crippen LogP contribution in [0.5, 0.6) is 0 Å². The molecule has 0 unspecified atom stereocenters. The van der Waals surface area contributed by atoms with Gasteiger partial charge >= 0.3 is 0 Å². The van der Waals surface area contributed by atoms with Crippen LogP contribution in [0.25, 0.3) is 0 Å². The lowest BCUT2D eigenvalue weighted by Gasteiger charge is -2.59. The van der Waals surface area contributed by atoms with Crippen molar-refractivity contribution in [1.29, 1.82) is 0 Å². The summed E-state index contributed by atoms with van der Waals surface area (Å²) in [5.41, 5.74) is -0.0541. The van der Waals surface area contributed by atoms with Crippen molar-refractivity contribution >= 4 is 17.8 Å². The van der Waals surface area contributed by atoms with Crippen LogP contribution in [0.3, 0.4) is 0 Å². The minimum Gasteiger partial charge on any atom is -0.395 e. The van der Waals surface area contributed by atoms with Crippen LogP contribution in [-0.4, -0.2) is 49.9 Å². The van der Waals surface area contributed by atoms with Gasteiger partial charge in [-0.15, -0.1) is 0 Å². The number of likely N-dealkylation sites (N-methyl/N-ethyl adjacent to an activating group) is 1. The molecule has 0 bridgehead atoms. The molecule has 0 aromatic carbocycles. The molecule has 5 heteroatoms. The summed E-state index contributed by atoms with van der Waals surface area (Å²) in [6.45, 7) is 6.02. The number of nitrogens with zero attached hydrogens (tertiary/aromatic N) is 2. The van der Waals surface area contributed by atoms with Crippen molar-refractivity contribution in [3.05, 3.63) is 0 Å². The topological polar surface area (TPSA) is 59.0 Å². The monoisotopic (exact) mass is 402 g/mol. The fourth-order valence-electron chi connectivity index (χ4n) is 7.38. The Balaban J connectivity index is 1.44. The summed E-state index contributed by atoms with van der Waals surface area (Å²) in [4.78, 5) is 33.3. The van der Waals surface area contributed by atoms with Crippen molar-refractivity contribution in [1.82, 2.24) is 4.90 Å². The van der Waals surface area contributed by atoms with E-state index in [1.54, 1.807) is 0 Å². The van der Waals surface area contributed by atoms with Gasteiger partial charge in [-0.1, -0.05) is 19.0 Å². The van der Waals surface area contributed by atoms with Crippen LogP contribution >= 0.6 is 0 Å². The highest BCUT2D eigenvalue weighted by molar-refractivity contribution is 5.88. The first kappa shape index (κ1) is 21.0. The van der Waals surface area contributed by atoms with Gasteiger partial charge in [0.1, 0.15) is 18.2 Å². The molecule has 0 saturated heterocycles. The Morgan fingerprint density at radius 1 is 1.14 bits per heavy atom. The third-order valence-corrected chi connectivity index (χ3v) is 9.18. The van der Waals surface area contributed by atoms with Crippen molar-refractivity contribution < 1.29 is 14.4 Å². The zero-order chi connectivity index (χ0) is 20.8. The first-order valence-corrected chi connectivity index (χ1v) is 11.6. The van der Waals surface area contributed by atoms with Gasteiger partial charge in [-0.25, -0.2) is 0 Å². The summed E-state index contributed by atoms with van der Waals surface area (Å²) in [5, 5.41) is 4.19. The number of oxime groups is 1. The van der Waals surface area contributed by atoms with Gasteiger partial charge in [-0.2, -0.15) is 0 Å². The van der Waals surface area contributed by atoms with Gasteiger partial charge in [0.25, 0.3) is 0 Å². The first-order valence-electron chi connectivity index (χ1n) is 11.6. The number of carbonyl (C=O) groups excluding carboxylic acids is 2. The molecule has 0 amide bonds. The highest BCUT2D eigenvalue weighted by atomic mass is 16.6. The second-order valence-corrected chi connectivity index (χ2v) is 10.9. The van der Waals surface area contributed by atoms with Crippen molar-refractivity contribution in [2.45, 2.75) is 65.2 Å². The number of ketones is 2. The van der Waals surface area contributed by atoms with E-state index < -0.39 is 0 Å². The molecule has 0 heterocycles. The zero-order valence-electron chi connectivity index (χ0n) is 18.7. The molecule has 0 radical (unpaired) electrons. The number of rotatable bonds is 5. The van der Waals surface area contributed by atoms with Gasteiger partial charge in [0.15, 0.2) is 0 Å². The Morgan fingerprint density at radius 3 is 2.69 bits per heavy atom. The standard InChI is InChI=1S/C24H38N2O3/c1-23-9-7-16(15-25-29-12-11-26(3)4)13-20(23)21(27)14-17-18-5-6-22(28)24(18,2)10-8-19(17)23/h15-20H,5-14H2,1-4H3/b25-15+/t16-,17-,18-,19-,20+,23+,24-/m0/s1. The summed E-state index contributed by atoms with van der Waals surface area (Å²) in [5.74, 6) is 2.85. The van der Waals surface area contributed by atoms with Crippen LogP contribution in [-0.2, 0) is 14.4 Å². The molecule has 4 aliphatic rings. The number of carbonyl (C=O) groups is 2. The number of hydrogen-bond acceptors (Lipinski definition) is 5. The second-order valence-electron chi connectivity index (χ2n) is 10.9. The maximum absolute atomic E-state index is 13.3. The Labute approximate surface area is 175 Å². The van der Waals surface area contributed by atoms with Crippen LogP contribution in [0.1, 0.15) is 65.2 Å². The lowest BCUT2D eigenvalue weighted by molar-refractivity contribution is -0.156. The van der Waals surface area contributed by atoms with Crippen molar-refractivity contribution in [3.8, 4) is 0 Å². The Hall–Kier alpha value is -1.23. The number of hydrogen-bond donors (Lipinski definition) is 0. The highest BCUT2D eigenvalue weighted by Crippen LogP contribution is 2.65. The Bertz CT molecular complexity index is 690. The lowest BCUT2D eigenvalue weighted by Crippen LogP contribution is -2.56. The smallest absolute Gasteiger partial charge is 0.139 e. The van der Waals surface area contributed by atoms with E-state index in [1.807, 2.05) is 20.3 Å². The Morgan fingerprint density at radius 2 is 1.93 bits per heavy atom. The van der Waals surface area contributed by atoms with E-state index in [4.69, 9.17) is 4.84 Å². The minimum atomic E-state index is -0.154. The molecule has 0 spiro atoms. The van der Waals surface area contributed by atoms with Crippen molar-refractivity contribution in [2.24, 2.45) is 45.6 Å². The minimum absolute atomic E-state index is 0.100. The molecular weight excluding hydrogens is 364 g/mol. The molecule has 4 rings (SSSR count). The normalized spacial score (nSPS) is 44.7. The predicted molar refractivity (Wildman–Crippen MR) is 114 cm³/mol. The van der Waals surface area contributed by atoms with Gasteiger partial charge in [-0.3, -0.25) is 9.59 Å². The quantitative estimate of drug-likeness (QED) is 0.397. The highest BCUT2D eigenvalue weighted by Gasteiger charge is 2.62. The molecule has 29 heavy (non-hydrogen) atoms. The molecule has 4 aliphatic carbocycles. The molecule has 0 aromatic heterocycles. The van der Waals surface area contributed by atoms with E-state index in [0.29, 0.717) is 48.3 Å². The molecule has 162 valence electrons. The molecule has 0 N–H and O–H groups in total. The molecule has 7 atom stereocenters. The number of Topliss-reactive ketones (excluding diaryl/α,β-unsaturated/α-hetero) is 2. The average molecular weight is 403 g/mol. The zero-order valence-corrected chi connectivity index (χ0v) is 18.7. The van der Waals surface area contributed by atoms with Crippen LogP contribution in [0.2, 0.25) is 0 Å². The molecule has 5 nitrogen and oxygen atoms in total. The van der Waals surface area contributed by atoms with Gasteiger partial charge in [0.2, 0.25) is 0 Å². The first-order chi connectivity index (χ1) is 13.8. The third-order valence-electron chi connectivity index (χ3n) is 9.18. The molecule has 4 fully saturated rings. The van der Waals surface area contributed by atoms with Crippen LogP contribution in [0.15, 0.2) is 5.16 Å². The van der Waals surface area contributed by atoms with Gasteiger partial charge in [-0.05, 0) is 81.7 Å². The molecule has 0 aromatic rings. The Kier molecular flexibility index (Phi) is 5.65. The van der Waals surface area contributed by atoms with E-state index in [2.05, 4.69) is 23.9 Å². The largest absolute Gasteiger partial charge is 0.395 e. The maximum atomic E-state index is 13.3. The van der Waals surface area contributed by atoms with Gasteiger partial charge in [0, 0.05) is 36.9 Å². The summed E-state index contributed by atoms with van der Waals surface area (Å²) < 4.78 is 0. The van der Waals surface area contributed by atoms with Crippen LogP contribution < -0.4 is 0 Å². The van der Waals surface area contributed by atoms with Crippen molar-refractivity contribution in [2.75, 3.05) is 27.2 Å². The maximum Gasteiger partial charge on any atom is 0.139 e. The second kappa shape index (κ2) is 7.79. The van der Waals surface area contributed by atoms with Gasteiger partial charge < -0.3 is 9.74 Å². The molecule has 0 aliphatic heterocycles. The van der Waals surface area contributed by atoms with Crippen LogP contribution in [0, 0.1) is 40.4 Å². The fraction of sp³-hybridized carbons (Fsp3) is 0.875. The molecular formula is C24H38N2O3. The predicted octanol–water partition coefficient (Wildman–Crippen LogP) is 3.96. The average Bonchev–Trinajstić information content (AvgIpc) is 2.97. The summed E-state index contributed by atoms with van der Waals surface area (Å²) in [6.07, 6.45) is 9.62. The summed E-state index contributed by atoms with van der Waals surface area (Å²) in [6, 6.07) is 0. The molecule has 4 saturated carbocycles. The lowest BCUT2D eigenvalue weighted by atomic mass is 9.44. The van der Waals surface area contributed by atoms with Crippen molar-refractivity contribution in [3.63, 3.8) is 0 Å². The van der Waals surface area contributed by atoms with E-state index in [1.165, 1.54) is 0 Å². The van der Waals surface area contributed by atoms with E-state index in [-0.39, 0.29) is 16.7 Å². The van der Waals surface area contributed by atoms with E-state index in [0.717, 1.165) is 51.5 Å². The summed E-state index contributed by atoms with van der Waals surface area (Å²) >= 11 is 0. The van der Waals surface area contributed by atoms with Crippen LogP contribution in [0.4, 0.5) is 0 Å². The number of fused-ring (bicyclic) bond motifs is 5. The van der Waals surface area contributed by atoms with E-state index >= 15 is 0 Å².